The molecule has 18 heavy (non-hydrogen) atoms. The lowest BCUT2D eigenvalue weighted by atomic mass is 9.99. The van der Waals surface area contributed by atoms with E-state index >= 15 is 0 Å². The molecular formula is C14H14BrFN2. The van der Waals surface area contributed by atoms with Crippen molar-refractivity contribution in [1.82, 2.24) is 10.3 Å². The van der Waals surface area contributed by atoms with Crippen molar-refractivity contribution in [2.75, 3.05) is 7.05 Å². The maximum Gasteiger partial charge on any atom is 0.128 e. The molecule has 0 aliphatic rings. The van der Waals surface area contributed by atoms with Gasteiger partial charge in [0.15, 0.2) is 0 Å². The van der Waals surface area contributed by atoms with Crippen LogP contribution >= 0.6 is 15.9 Å². The Morgan fingerprint density at radius 2 is 2.22 bits per heavy atom. The number of aromatic nitrogens is 1. The third kappa shape index (κ3) is 3.15. The molecule has 0 aliphatic carbocycles. The standard InChI is InChI=1S/C14H14BrFN2/c1-17-14(7-10-3-2-6-18-9-10)12-8-11(15)4-5-13(12)16/h2-6,8-9,14,17H,7H2,1H3. The van der Waals surface area contributed by atoms with Crippen LogP contribution in [0.25, 0.3) is 0 Å². The first-order valence-corrected chi connectivity index (χ1v) is 6.51. The number of nitrogens with one attached hydrogen (secondary N) is 1. The van der Waals surface area contributed by atoms with Crippen molar-refractivity contribution < 1.29 is 4.39 Å². The van der Waals surface area contributed by atoms with Crippen molar-refractivity contribution in [3.8, 4) is 0 Å². The van der Waals surface area contributed by atoms with Gasteiger partial charge in [-0.2, -0.15) is 0 Å². The van der Waals surface area contributed by atoms with E-state index in [0.29, 0.717) is 12.0 Å². The molecule has 2 aromatic rings. The molecule has 1 aromatic heterocycles. The lowest BCUT2D eigenvalue weighted by molar-refractivity contribution is 0.533. The van der Waals surface area contributed by atoms with Crippen molar-refractivity contribution in [1.29, 1.82) is 0 Å². The summed E-state index contributed by atoms with van der Waals surface area (Å²) in [7, 11) is 1.83. The summed E-state index contributed by atoms with van der Waals surface area (Å²) < 4.78 is 14.7. The van der Waals surface area contributed by atoms with Crippen LogP contribution in [0.1, 0.15) is 17.2 Å². The fraction of sp³-hybridized carbons (Fsp3) is 0.214. The van der Waals surface area contributed by atoms with Gasteiger partial charge in [0.05, 0.1) is 0 Å². The number of hydrogen-bond donors (Lipinski definition) is 1. The third-order valence-corrected chi connectivity index (χ3v) is 3.34. The zero-order valence-electron chi connectivity index (χ0n) is 10.0. The van der Waals surface area contributed by atoms with E-state index in [0.717, 1.165) is 10.0 Å². The number of likely N-dealkylation sites (N-methyl/N-ethyl adjacent to an activating group) is 1. The van der Waals surface area contributed by atoms with Gasteiger partial charge in [-0.25, -0.2) is 4.39 Å². The smallest absolute Gasteiger partial charge is 0.128 e. The van der Waals surface area contributed by atoms with E-state index in [1.807, 2.05) is 25.2 Å². The molecule has 0 saturated carbocycles. The molecule has 0 spiro atoms. The molecule has 2 rings (SSSR count). The average Bonchev–Trinajstić information content (AvgIpc) is 2.40. The van der Waals surface area contributed by atoms with E-state index in [1.165, 1.54) is 6.07 Å². The second kappa shape index (κ2) is 6.07. The van der Waals surface area contributed by atoms with Crippen LogP contribution in [0.5, 0.6) is 0 Å². The minimum Gasteiger partial charge on any atom is -0.313 e. The highest BCUT2D eigenvalue weighted by Gasteiger charge is 2.15. The van der Waals surface area contributed by atoms with Gasteiger partial charge in [0.2, 0.25) is 0 Å². The van der Waals surface area contributed by atoms with Crippen LogP contribution in [-0.2, 0) is 6.42 Å². The Kier molecular flexibility index (Phi) is 4.44. The Hall–Kier alpha value is -1.26. The maximum absolute atomic E-state index is 13.8. The van der Waals surface area contributed by atoms with Crippen molar-refractivity contribution in [3.63, 3.8) is 0 Å². The molecular weight excluding hydrogens is 295 g/mol. The summed E-state index contributed by atoms with van der Waals surface area (Å²) in [5, 5.41) is 3.15. The Bertz CT molecular complexity index is 516. The highest BCUT2D eigenvalue weighted by atomic mass is 79.9. The van der Waals surface area contributed by atoms with Crippen LogP contribution in [0, 0.1) is 5.82 Å². The zero-order valence-corrected chi connectivity index (χ0v) is 11.6. The van der Waals surface area contributed by atoms with Gasteiger partial charge in [-0.1, -0.05) is 22.0 Å². The first-order chi connectivity index (χ1) is 8.70. The van der Waals surface area contributed by atoms with E-state index in [9.17, 15) is 4.39 Å². The molecule has 94 valence electrons. The van der Waals surface area contributed by atoms with E-state index < -0.39 is 0 Å². The number of halogens is 2. The Balaban J connectivity index is 2.26. The molecule has 1 unspecified atom stereocenters. The predicted octanol–water partition coefficient (Wildman–Crippen LogP) is 3.49. The van der Waals surface area contributed by atoms with Crippen LogP contribution in [-0.4, -0.2) is 12.0 Å². The number of nitrogens with zero attached hydrogens (tertiary/aromatic N) is 1. The summed E-state index contributed by atoms with van der Waals surface area (Å²) >= 11 is 3.37. The van der Waals surface area contributed by atoms with Gasteiger partial charge < -0.3 is 5.32 Å². The first-order valence-electron chi connectivity index (χ1n) is 5.72. The molecule has 1 heterocycles. The van der Waals surface area contributed by atoms with Crippen LogP contribution in [0.15, 0.2) is 47.2 Å². The Morgan fingerprint density at radius 1 is 1.39 bits per heavy atom. The van der Waals surface area contributed by atoms with Gasteiger partial charge in [-0.15, -0.1) is 0 Å². The molecule has 4 heteroatoms. The number of hydrogen-bond acceptors (Lipinski definition) is 2. The molecule has 0 fully saturated rings. The molecule has 1 atom stereocenters. The Labute approximate surface area is 114 Å². The summed E-state index contributed by atoms with van der Waals surface area (Å²) in [4.78, 5) is 4.07. The van der Waals surface area contributed by atoms with E-state index in [2.05, 4.69) is 26.2 Å². The minimum atomic E-state index is -0.193. The second-order valence-corrected chi connectivity index (χ2v) is 4.99. The summed E-state index contributed by atoms with van der Waals surface area (Å²) in [5.41, 5.74) is 1.74. The molecule has 2 nitrogen and oxygen atoms in total. The largest absolute Gasteiger partial charge is 0.313 e. The number of rotatable bonds is 4. The third-order valence-electron chi connectivity index (χ3n) is 2.84. The van der Waals surface area contributed by atoms with Gasteiger partial charge in [0.25, 0.3) is 0 Å². The SMILES string of the molecule is CNC(Cc1cccnc1)c1cc(Br)ccc1F. The second-order valence-electron chi connectivity index (χ2n) is 4.07. The van der Waals surface area contributed by atoms with Gasteiger partial charge in [-0.05, 0) is 43.3 Å². The molecule has 0 radical (unpaired) electrons. The number of benzene rings is 1. The summed E-state index contributed by atoms with van der Waals surface area (Å²) in [5.74, 6) is -0.193. The van der Waals surface area contributed by atoms with Crippen molar-refractivity contribution in [2.24, 2.45) is 0 Å². The highest BCUT2D eigenvalue weighted by molar-refractivity contribution is 9.10. The van der Waals surface area contributed by atoms with E-state index in [4.69, 9.17) is 0 Å². The fourth-order valence-corrected chi connectivity index (χ4v) is 2.28. The first kappa shape index (κ1) is 13.2. The molecule has 0 bridgehead atoms. The van der Waals surface area contributed by atoms with Crippen LogP contribution in [0.2, 0.25) is 0 Å². The van der Waals surface area contributed by atoms with Gasteiger partial charge in [0, 0.05) is 28.5 Å². The van der Waals surface area contributed by atoms with Crippen LogP contribution in [0.4, 0.5) is 4.39 Å². The van der Waals surface area contributed by atoms with Gasteiger partial charge >= 0.3 is 0 Å². The van der Waals surface area contributed by atoms with Crippen LogP contribution in [0.3, 0.4) is 0 Å². The minimum absolute atomic E-state index is 0.0632. The molecule has 1 aromatic carbocycles. The van der Waals surface area contributed by atoms with Crippen molar-refractivity contribution >= 4 is 15.9 Å². The topological polar surface area (TPSA) is 24.9 Å². The quantitative estimate of drug-likeness (QED) is 0.935. The van der Waals surface area contributed by atoms with E-state index in [-0.39, 0.29) is 11.9 Å². The normalized spacial score (nSPS) is 12.4. The van der Waals surface area contributed by atoms with Gasteiger partial charge in [-0.3, -0.25) is 4.98 Å². The van der Waals surface area contributed by atoms with Crippen LogP contribution < -0.4 is 5.32 Å². The maximum atomic E-state index is 13.8. The lowest BCUT2D eigenvalue weighted by Gasteiger charge is -2.17. The lowest BCUT2D eigenvalue weighted by Crippen LogP contribution is -2.20. The summed E-state index contributed by atoms with van der Waals surface area (Å²) in [6, 6.07) is 8.81. The molecule has 0 amide bonds. The predicted molar refractivity (Wildman–Crippen MR) is 73.8 cm³/mol. The molecule has 0 saturated heterocycles. The highest BCUT2D eigenvalue weighted by Crippen LogP contribution is 2.24. The van der Waals surface area contributed by atoms with E-state index in [1.54, 1.807) is 18.5 Å². The number of pyridine rings is 1. The molecule has 1 N–H and O–H groups in total. The van der Waals surface area contributed by atoms with Gasteiger partial charge in [0.1, 0.15) is 5.82 Å². The van der Waals surface area contributed by atoms with Crippen molar-refractivity contribution in [2.45, 2.75) is 12.5 Å². The fourth-order valence-electron chi connectivity index (χ4n) is 1.90. The zero-order chi connectivity index (χ0) is 13.0. The summed E-state index contributed by atoms with van der Waals surface area (Å²) in [6.07, 6.45) is 4.25. The average molecular weight is 309 g/mol. The molecule has 0 aliphatic heterocycles. The Morgan fingerprint density at radius 3 is 2.89 bits per heavy atom. The summed E-state index contributed by atoms with van der Waals surface area (Å²) in [6.45, 7) is 0. The monoisotopic (exact) mass is 308 g/mol. The van der Waals surface area contributed by atoms with Crippen molar-refractivity contribution in [3.05, 3.63) is 64.1 Å².